The van der Waals surface area contributed by atoms with Crippen LogP contribution in [0.2, 0.25) is 0 Å². The number of amides is 1. The zero-order valence-corrected chi connectivity index (χ0v) is 20.4. The molecule has 2 unspecified atom stereocenters. The molecule has 0 saturated heterocycles. The maximum absolute atomic E-state index is 12.0. The van der Waals surface area contributed by atoms with E-state index in [2.05, 4.69) is 22.8 Å². The highest BCUT2D eigenvalue weighted by atomic mass is 35.5. The smallest absolute Gasteiger partial charge is 0.258 e. The highest BCUT2D eigenvalue weighted by Crippen LogP contribution is 2.25. The number of aliphatic hydroxyl groups excluding tert-OH is 1. The minimum atomic E-state index is -0.573. The van der Waals surface area contributed by atoms with Crippen LogP contribution in [0.5, 0.6) is 11.5 Å². The lowest BCUT2D eigenvalue weighted by Gasteiger charge is -2.20. The van der Waals surface area contributed by atoms with Gasteiger partial charge in [-0.2, -0.15) is 0 Å². The van der Waals surface area contributed by atoms with Gasteiger partial charge in [0.25, 0.3) is 5.91 Å². The Bertz CT molecular complexity index is 849. The Morgan fingerprint density at radius 2 is 1.91 bits per heavy atom. The first kappa shape index (κ1) is 27.0. The summed E-state index contributed by atoms with van der Waals surface area (Å²) < 4.78 is 11.4. The normalized spacial score (nSPS) is 17.0. The molecule has 0 saturated carbocycles. The van der Waals surface area contributed by atoms with Crippen molar-refractivity contribution in [1.82, 2.24) is 10.6 Å². The third kappa shape index (κ3) is 9.24. The van der Waals surface area contributed by atoms with Crippen LogP contribution in [0.25, 0.3) is 0 Å². The van der Waals surface area contributed by atoms with Gasteiger partial charge in [0.1, 0.15) is 24.2 Å². The molecular weight excluding hydrogens is 440 g/mol. The Labute approximate surface area is 203 Å². The lowest BCUT2D eigenvalue weighted by molar-refractivity contribution is -0.123. The van der Waals surface area contributed by atoms with Gasteiger partial charge in [0.15, 0.2) is 6.61 Å². The Morgan fingerprint density at radius 3 is 2.67 bits per heavy atom. The SMILES string of the molecule is CCC(C)NC(=O)COc1ccc2c(c1)CC(NC[C@H](O)COc1ccccc1)CCC2.Cl. The fourth-order valence-corrected chi connectivity index (χ4v) is 3.84. The van der Waals surface area contributed by atoms with Crippen LogP contribution in [0.1, 0.15) is 44.2 Å². The summed E-state index contributed by atoms with van der Waals surface area (Å²) >= 11 is 0. The number of carbonyl (C=O) groups excluding carboxylic acids is 1. The number of aliphatic hydroxyl groups is 1. The van der Waals surface area contributed by atoms with Crippen molar-refractivity contribution in [2.24, 2.45) is 0 Å². The first-order valence-corrected chi connectivity index (χ1v) is 11.7. The highest BCUT2D eigenvalue weighted by molar-refractivity contribution is 5.85. The molecule has 0 radical (unpaired) electrons. The quantitative estimate of drug-likeness (QED) is 0.431. The average molecular weight is 477 g/mol. The van der Waals surface area contributed by atoms with Crippen molar-refractivity contribution in [3.63, 3.8) is 0 Å². The fraction of sp³-hybridized carbons (Fsp3) is 0.500. The van der Waals surface area contributed by atoms with Crippen molar-refractivity contribution in [2.75, 3.05) is 19.8 Å². The summed E-state index contributed by atoms with van der Waals surface area (Å²) in [5, 5.41) is 16.7. The Hall–Kier alpha value is -2.28. The summed E-state index contributed by atoms with van der Waals surface area (Å²) in [6.45, 7) is 4.80. The summed E-state index contributed by atoms with van der Waals surface area (Å²) in [4.78, 5) is 12.0. The number of nitrogens with one attached hydrogen (secondary N) is 2. The number of aryl methyl sites for hydroxylation is 1. The molecule has 3 atom stereocenters. The molecule has 1 aliphatic rings. The second-order valence-electron chi connectivity index (χ2n) is 8.58. The Balaban J connectivity index is 0.00000385. The molecule has 2 aromatic rings. The molecule has 3 rings (SSSR count). The van der Waals surface area contributed by atoms with Crippen LogP contribution < -0.4 is 20.1 Å². The van der Waals surface area contributed by atoms with E-state index in [1.165, 1.54) is 11.1 Å². The van der Waals surface area contributed by atoms with Crippen molar-refractivity contribution in [3.05, 3.63) is 59.7 Å². The van der Waals surface area contributed by atoms with Crippen LogP contribution in [0, 0.1) is 0 Å². The van der Waals surface area contributed by atoms with Gasteiger partial charge in [0.2, 0.25) is 0 Å². The number of ether oxygens (including phenoxy) is 2. The number of hydrogen-bond acceptors (Lipinski definition) is 5. The zero-order chi connectivity index (χ0) is 22.8. The molecule has 1 aliphatic carbocycles. The van der Waals surface area contributed by atoms with Gasteiger partial charge in [-0.05, 0) is 74.4 Å². The van der Waals surface area contributed by atoms with Gasteiger partial charge >= 0.3 is 0 Å². The first-order valence-electron chi connectivity index (χ1n) is 11.7. The van der Waals surface area contributed by atoms with Gasteiger partial charge in [-0.15, -0.1) is 12.4 Å². The predicted octanol–water partition coefficient (Wildman–Crippen LogP) is 3.68. The summed E-state index contributed by atoms with van der Waals surface area (Å²) in [6.07, 6.45) is 4.37. The molecule has 1 amide bonds. The van der Waals surface area contributed by atoms with Crippen molar-refractivity contribution in [2.45, 2.75) is 64.1 Å². The van der Waals surface area contributed by atoms with Crippen LogP contribution in [-0.4, -0.2) is 49.0 Å². The van der Waals surface area contributed by atoms with E-state index in [4.69, 9.17) is 9.47 Å². The summed E-state index contributed by atoms with van der Waals surface area (Å²) in [5.74, 6) is 1.39. The van der Waals surface area contributed by atoms with Crippen molar-refractivity contribution < 1.29 is 19.4 Å². The van der Waals surface area contributed by atoms with Gasteiger partial charge in [-0.3, -0.25) is 4.79 Å². The van der Waals surface area contributed by atoms with Gasteiger partial charge in [0, 0.05) is 18.6 Å². The van der Waals surface area contributed by atoms with Gasteiger partial charge < -0.3 is 25.2 Å². The molecule has 182 valence electrons. The van der Waals surface area contributed by atoms with Crippen LogP contribution in [0.15, 0.2) is 48.5 Å². The van der Waals surface area contributed by atoms with E-state index in [1.54, 1.807) is 0 Å². The molecule has 0 aliphatic heterocycles. The van der Waals surface area contributed by atoms with E-state index >= 15 is 0 Å². The number of fused-ring (bicyclic) bond motifs is 1. The molecule has 6 nitrogen and oxygen atoms in total. The number of para-hydroxylation sites is 1. The second-order valence-corrected chi connectivity index (χ2v) is 8.58. The first-order chi connectivity index (χ1) is 15.5. The molecule has 0 heterocycles. The molecule has 7 heteroatoms. The molecular formula is C26H37ClN2O4. The molecule has 2 aromatic carbocycles. The number of carbonyl (C=O) groups is 1. The van der Waals surface area contributed by atoms with Gasteiger partial charge in [-0.1, -0.05) is 31.2 Å². The third-order valence-electron chi connectivity index (χ3n) is 5.86. The van der Waals surface area contributed by atoms with Crippen molar-refractivity contribution in [3.8, 4) is 11.5 Å². The van der Waals surface area contributed by atoms with E-state index in [-0.39, 0.29) is 43.6 Å². The molecule has 33 heavy (non-hydrogen) atoms. The second kappa shape index (κ2) is 14.1. The summed E-state index contributed by atoms with van der Waals surface area (Å²) in [5.41, 5.74) is 2.58. The average Bonchev–Trinajstić information content (AvgIpc) is 3.02. The van der Waals surface area contributed by atoms with Gasteiger partial charge in [0.05, 0.1) is 0 Å². The Kier molecular flexibility index (Phi) is 11.5. The predicted molar refractivity (Wildman–Crippen MR) is 133 cm³/mol. The Morgan fingerprint density at radius 1 is 1.12 bits per heavy atom. The van der Waals surface area contributed by atoms with Crippen molar-refractivity contribution in [1.29, 1.82) is 0 Å². The lowest BCUT2D eigenvalue weighted by Crippen LogP contribution is -2.39. The monoisotopic (exact) mass is 476 g/mol. The fourth-order valence-electron chi connectivity index (χ4n) is 3.84. The lowest BCUT2D eigenvalue weighted by atomic mass is 10.0. The summed E-state index contributed by atoms with van der Waals surface area (Å²) in [7, 11) is 0. The van der Waals surface area contributed by atoms with Crippen LogP contribution in [0.3, 0.4) is 0 Å². The van der Waals surface area contributed by atoms with E-state index in [9.17, 15) is 9.90 Å². The number of rotatable bonds is 11. The topological polar surface area (TPSA) is 79.8 Å². The van der Waals surface area contributed by atoms with E-state index in [0.717, 1.165) is 43.6 Å². The molecule has 0 fully saturated rings. The maximum atomic E-state index is 12.0. The van der Waals surface area contributed by atoms with Crippen molar-refractivity contribution >= 4 is 18.3 Å². The zero-order valence-electron chi connectivity index (χ0n) is 19.6. The minimum absolute atomic E-state index is 0. The molecule has 0 spiro atoms. The molecule has 0 aromatic heterocycles. The van der Waals surface area contributed by atoms with Crippen LogP contribution >= 0.6 is 12.4 Å². The minimum Gasteiger partial charge on any atom is -0.491 e. The largest absolute Gasteiger partial charge is 0.491 e. The van der Waals surface area contributed by atoms with Crippen LogP contribution in [0.4, 0.5) is 0 Å². The number of halogens is 1. The molecule has 0 bridgehead atoms. The number of benzene rings is 2. The van der Waals surface area contributed by atoms with Gasteiger partial charge in [-0.25, -0.2) is 0 Å². The van der Waals surface area contributed by atoms with E-state index < -0.39 is 6.10 Å². The standard InChI is InChI=1S/C26H36N2O4.ClH/c1-3-19(2)28-26(30)18-32-25-13-12-20-8-7-9-22(14-21(20)15-25)27-16-23(29)17-31-24-10-5-4-6-11-24;/h4-6,10-13,15,19,22-23,27,29H,3,7-9,14,16-18H2,1-2H3,(H,28,30);1H/t19?,22?,23-;/m0./s1. The van der Waals surface area contributed by atoms with E-state index in [0.29, 0.717) is 6.54 Å². The maximum Gasteiger partial charge on any atom is 0.258 e. The summed E-state index contributed by atoms with van der Waals surface area (Å²) in [6, 6.07) is 16.1. The highest BCUT2D eigenvalue weighted by Gasteiger charge is 2.18. The number of hydrogen-bond donors (Lipinski definition) is 3. The third-order valence-corrected chi connectivity index (χ3v) is 5.86. The molecule has 3 N–H and O–H groups in total. The van der Waals surface area contributed by atoms with Crippen LogP contribution in [-0.2, 0) is 17.6 Å². The van der Waals surface area contributed by atoms with E-state index in [1.807, 2.05) is 50.2 Å².